The Bertz CT molecular complexity index is 617. The lowest BCUT2D eigenvalue weighted by atomic mass is 10.4. The molecule has 0 fully saturated rings. The zero-order valence-electron chi connectivity index (χ0n) is 16.5. The van der Waals surface area contributed by atoms with E-state index < -0.39 is 19.4 Å². The normalized spacial score (nSPS) is 12.9. The Morgan fingerprint density at radius 3 is 1.63 bits per heavy atom. The molecular formula is C18H30O6P2S. The van der Waals surface area contributed by atoms with Crippen LogP contribution in [-0.2, 0) is 27.2 Å². The summed E-state index contributed by atoms with van der Waals surface area (Å²) >= 11 is 1.14. The smallest absolute Gasteiger partial charge is 0.307 e. The Morgan fingerprint density at radius 1 is 0.889 bits per heavy atom. The van der Waals surface area contributed by atoms with E-state index in [0.29, 0.717) is 0 Å². The van der Waals surface area contributed by atoms with Gasteiger partial charge >= 0.3 is 15.2 Å². The van der Waals surface area contributed by atoms with Crippen molar-refractivity contribution < 1.29 is 27.2 Å². The minimum Gasteiger partial charge on any atom is -0.307 e. The van der Waals surface area contributed by atoms with Crippen LogP contribution >= 0.6 is 27.0 Å². The van der Waals surface area contributed by atoms with Crippen LogP contribution in [0.1, 0.15) is 34.1 Å². The van der Waals surface area contributed by atoms with Crippen LogP contribution in [0.2, 0.25) is 0 Å². The zero-order valence-corrected chi connectivity index (χ0v) is 19.1. The molecule has 27 heavy (non-hydrogen) atoms. The van der Waals surface area contributed by atoms with Crippen molar-refractivity contribution in [3.05, 3.63) is 43.0 Å². The molecule has 0 aromatic heterocycles. The van der Waals surface area contributed by atoms with Gasteiger partial charge in [0.15, 0.2) is 0 Å². The molecule has 1 aromatic rings. The summed E-state index contributed by atoms with van der Waals surface area (Å²) < 4.78 is 48.9. The summed E-state index contributed by atoms with van der Waals surface area (Å²) in [5.41, 5.74) is 0. The lowest BCUT2D eigenvalue weighted by molar-refractivity contribution is 0.191. The highest BCUT2D eigenvalue weighted by molar-refractivity contribution is 8.14. The van der Waals surface area contributed by atoms with Crippen molar-refractivity contribution >= 4 is 27.0 Å². The van der Waals surface area contributed by atoms with Gasteiger partial charge in [0, 0.05) is 11.3 Å². The first-order valence-electron chi connectivity index (χ1n) is 9.01. The fourth-order valence-corrected chi connectivity index (χ4v) is 10.5. The van der Waals surface area contributed by atoms with E-state index in [1.165, 1.54) is 0 Å². The number of allylic oxidation sites excluding steroid dienone is 1. The quantitative estimate of drug-likeness (QED) is 0.186. The third-order valence-electron chi connectivity index (χ3n) is 3.49. The van der Waals surface area contributed by atoms with Gasteiger partial charge in [0.25, 0.3) is 0 Å². The third-order valence-corrected chi connectivity index (χ3v) is 12.3. The summed E-state index contributed by atoms with van der Waals surface area (Å²) in [6.45, 7) is 11.1. The van der Waals surface area contributed by atoms with Gasteiger partial charge in [-0.25, -0.2) is 0 Å². The van der Waals surface area contributed by atoms with Gasteiger partial charge in [-0.3, -0.25) is 9.13 Å². The first-order chi connectivity index (χ1) is 12.9. The molecule has 6 nitrogen and oxygen atoms in total. The number of rotatable bonds is 14. The lowest BCUT2D eigenvalue weighted by Gasteiger charge is -2.41. The molecule has 1 aromatic carbocycles. The van der Waals surface area contributed by atoms with Gasteiger partial charge in [0.1, 0.15) is 0 Å². The van der Waals surface area contributed by atoms with E-state index in [1.54, 1.807) is 33.8 Å². The third kappa shape index (κ3) is 5.57. The molecule has 0 saturated carbocycles. The maximum absolute atomic E-state index is 14.0. The van der Waals surface area contributed by atoms with Crippen LogP contribution in [0.5, 0.6) is 0 Å². The summed E-state index contributed by atoms with van der Waals surface area (Å²) in [7, 11) is -7.89. The molecule has 1 rings (SSSR count). The molecule has 0 heterocycles. The molecule has 0 aliphatic heterocycles. The van der Waals surface area contributed by atoms with Crippen molar-refractivity contribution in [2.45, 2.75) is 43.2 Å². The second-order valence-electron chi connectivity index (χ2n) is 5.32. The van der Waals surface area contributed by atoms with E-state index in [9.17, 15) is 9.13 Å². The highest BCUT2D eigenvalue weighted by Gasteiger charge is 2.65. The minimum atomic E-state index is -3.94. The van der Waals surface area contributed by atoms with Crippen molar-refractivity contribution in [2.24, 2.45) is 0 Å². The minimum absolute atomic E-state index is 0.0567. The highest BCUT2D eigenvalue weighted by Crippen LogP contribution is 2.83. The molecule has 0 spiro atoms. The van der Waals surface area contributed by atoms with E-state index in [1.807, 2.05) is 30.3 Å². The monoisotopic (exact) mass is 436 g/mol. The van der Waals surface area contributed by atoms with Gasteiger partial charge in [-0.2, -0.15) is 0 Å². The molecule has 9 heteroatoms. The van der Waals surface area contributed by atoms with Crippen molar-refractivity contribution in [1.82, 2.24) is 0 Å². The van der Waals surface area contributed by atoms with Crippen LogP contribution in [0.25, 0.3) is 0 Å². The summed E-state index contributed by atoms with van der Waals surface area (Å²) in [4.78, 5) is 0.749. The average Bonchev–Trinajstić information content (AvgIpc) is 2.63. The van der Waals surface area contributed by atoms with Crippen molar-refractivity contribution in [2.75, 3.05) is 26.4 Å². The van der Waals surface area contributed by atoms with Gasteiger partial charge in [0.05, 0.1) is 26.4 Å². The van der Waals surface area contributed by atoms with Crippen LogP contribution in [0.4, 0.5) is 0 Å². The summed E-state index contributed by atoms with van der Waals surface area (Å²) in [6.07, 6.45) is 1.60. The molecule has 0 aliphatic carbocycles. The van der Waals surface area contributed by atoms with Gasteiger partial charge < -0.3 is 18.1 Å². The van der Waals surface area contributed by atoms with Crippen LogP contribution in [0, 0.1) is 0 Å². The van der Waals surface area contributed by atoms with Crippen LogP contribution in [0.3, 0.4) is 0 Å². The topological polar surface area (TPSA) is 71.1 Å². The standard InChI is InChI=1S/C18H30O6P2S/c1-6-16-18(25(19,21-7-2)22-8-3,26(20,23-9-4)24-10-5)27-17-14-12-11-13-15-17/h6,11-15H,1,7-10,16H2,2-5H3. The summed E-state index contributed by atoms with van der Waals surface area (Å²) in [5, 5.41) is 0. The molecule has 0 N–H and O–H groups in total. The van der Waals surface area contributed by atoms with E-state index in [4.69, 9.17) is 18.1 Å². The first kappa shape index (κ1) is 24.6. The molecule has 0 bridgehead atoms. The van der Waals surface area contributed by atoms with Crippen LogP contribution in [0.15, 0.2) is 47.9 Å². The predicted octanol–water partition coefficient (Wildman–Crippen LogP) is 6.54. The number of thioether (sulfide) groups is 1. The Balaban J connectivity index is 3.74. The Labute approximate surface area is 167 Å². The Hall–Kier alpha value is -0.390. The van der Waals surface area contributed by atoms with Gasteiger partial charge in [0.2, 0.25) is 4.23 Å². The molecular weight excluding hydrogens is 406 g/mol. The van der Waals surface area contributed by atoms with E-state index in [-0.39, 0.29) is 32.8 Å². The number of hydrogen-bond donors (Lipinski definition) is 0. The Kier molecular flexibility index (Phi) is 10.6. The molecule has 0 radical (unpaired) electrons. The fraction of sp³-hybridized carbons (Fsp3) is 0.556. The van der Waals surface area contributed by atoms with Gasteiger partial charge in [-0.15, -0.1) is 6.58 Å². The van der Waals surface area contributed by atoms with Crippen molar-refractivity contribution in [3.8, 4) is 0 Å². The van der Waals surface area contributed by atoms with Crippen molar-refractivity contribution in [3.63, 3.8) is 0 Å². The van der Waals surface area contributed by atoms with Crippen LogP contribution < -0.4 is 0 Å². The summed E-state index contributed by atoms with van der Waals surface area (Å²) in [5.74, 6) is 0. The fourth-order valence-electron chi connectivity index (χ4n) is 2.55. The molecule has 0 unspecified atom stereocenters. The summed E-state index contributed by atoms with van der Waals surface area (Å²) in [6, 6.07) is 9.24. The first-order valence-corrected chi connectivity index (χ1v) is 12.9. The van der Waals surface area contributed by atoms with Gasteiger partial charge in [-0.05, 0) is 39.8 Å². The SMILES string of the molecule is C=CCC(Sc1ccccc1)(P(=O)(OCC)OCC)P(=O)(OCC)OCC. The van der Waals surface area contributed by atoms with E-state index >= 15 is 0 Å². The van der Waals surface area contributed by atoms with Crippen molar-refractivity contribution in [1.29, 1.82) is 0 Å². The largest absolute Gasteiger partial charge is 0.359 e. The zero-order chi connectivity index (χ0) is 20.4. The lowest BCUT2D eigenvalue weighted by Crippen LogP contribution is -2.29. The second-order valence-corrected chi connectivity index (χ2v) is 12.2. The van der Waals surface area contributed by atoms with Crippen LogP contribution in [-0.4, -0.2) is 30.7 Å². The molecule has 0 amide bonds. The average molecular weight is 436 g/mol. The Morgan fingerprint density at radius 2 is 1.30 bits per heavy atom. The molecule has 0 aliphatic rings. The maximum atomic E-state index is 14.0. The van der Waals surface area contributed by atoms with Gasteiger partial charge in [-0.1, -0.05) is 36.0 Å². The maximum Gasteiger partial charge on any atom is 0.359 e. The molecule has 154 valence electrons. The van der Waals surface area contributed by atoms with E-state index in [0.717, 1.165) is 16.7 Å². The van der Waals surface area contributed by atoms with E-state index in [2.05, 4.69) is 6.58 Å². The predicted molar refractivity (Wildman–Crippen MR) is 112 cm³/mol. The molecule has 0 atom stereocenters. The highest BCUT2D eigenvalue weighted by atomic mass is 32.2. The number of hydrogen-bond acceptors (Lipinski definition) is 7. The molecule has 0 saturated heterocycles. The number of benzene rings is 1. The second kappa shape index (κ2) is 11.6.